The molecule has 248 valence electrons. The zero-order valence-corrected chi connectivity index (χ0v) is 25.6. The fourth-order valence-electron chi connectivity index (χ4n) is 5.30. The van der Waals surface area contributed by atoms with Crippen LogP contribution in [0.15, 0.2) is 42.0 Å². The molecule has 2 rings (SSSR count). The zero-order chi connectivity index (χ0) is 32.5. The van der Waals surface area contributed by atoms with Gasteiger partial charge in [0.1, 0.15) is 24.0 Å². The van der Waals surface area contributed by atoms with E-state index in [1.54, 1.807) is 6.08 Å². The second-order valence-corrected chi connectivity index (χ2v) is 11.5. The maximum absolute atomic E-state index is 11.7. The standard InChI is InChI=1S/C31H50N4O9/c1-2-3-4-5-6-7-8-9-10-11-12-13-14-15-28(37)26(20-32-25-18-22(21-36)29(38)31(40)30(25)39)33-24-17-16-23(34(41)42)19-27(24)35(43)44/h14-19,25-26,28-33,36-40H,2-13,20-21H2,1H3/t25?,26?,28-,29?,30+,31?/m1/s1. The highest BCUT2D eigenvalue weighted by atomic mass is 16.6. The fraction of sp³-hybridized carbons (Fsp3) is 0.677. The predicted molar refractivity (Wildman–Crippen MR) is 168 cm³/mol. The predicted octanol–water partition coefficient (Wildman–Crippen LogP) is 3.87. The Morgan fingerprint density at radius 3 is 2.09 bits per heavy atom. The second kappa shape index (κ2) is 20.2. The molecule has 1 aliphatic carbocycles. The number of non-ortho nitro benzene ring substituents is 1. The Bertz CT molecular complexity index is 1080. The van der Waals surface area contributed by atoms with Crippen LogP contribution < -0.4 is 10.6 Å². The molecule has 4 unspecified atom stereocenters. The SMILES string of the molecule is CCCCCCCCCCCCCC=C[C@@H](O)C(CNC1C=C(CO)C(O)C(O)[C@H]1O)Nc1ccc([N+](=O)[O-])cc1[N+](=O)[O-]. The number of hydrogen-bond donors (Lipinski definition) is 7. The quantitative estimate of drug-likeness (QED) is 0.0427. The monoisotopic (exact) mass is 622 g/mol. The van der Waals surface area contributed by atoms with Gasteiger partial charge in [-0.25, -0.2) is 0 Å². The first-order chi connectivity index (χ1) is 21.1. The number of nitro benzene ring substituents is 2. The Kier molecular flexibility index (Phi) is 17.1. The number of nitrogens with zero attached hydrogens (tertiary/aromatic N) is 2. The molecule has 0 saturated carbocycles. The molecule has 6 atom stereocenters. The van der Waals surface area contributed by atoms with Crippen LogP contribution in [0.5, 0.6) is 0 Å². The minimum Gasteiger partial charge on any atom is -0.392 e. The summed E-state index contributed by atoms with van der Waals surface area (Å²) in [5.41, 5.74) is -0.927. The Morgan fingerprint density at radius 2 is 1.52 bits per heavy atom. The van der Waals surface area contributed by atoms with Crippen LogP contribution in [0.2, 0.25) is 0 Å². The fourth-order valence-corrected chi connectivity index (χ4v) is 5.30. The van der Waals surface area contributed by atoms with E-state index >= 15 is 0 Å². The van der Waals surface area contributed by atoms with Gasteiger partial charge < -0.3 is 36.2 Å². The van der Waals surface area contributed by atoms with Gasteiger partial charge in [0.25, 0.3) is 11.4 Å². The molecule has 0 radical (unpaired) electrons. The number of unbranched alkanes of at least 4 members (excludes halogenated alkanes) is 11. The largest absolute Gasteiger partial charge is 0.392 e. The third-order valence-electron chi connectivity index (χ3n) is 8.02. The molecule has 13 nitrogen and oxygen atoms in total. The molecular formula is C31H50N4O9. The number of nitrogens with one attached hydrogen (secondary N) is 2. The first-order valence-corrected chi connectivity index (χ1v) is 15.7. The molecule has 0 heterocycles. The summed E-state index contributed by atoms with van der Waals surface area (Å²) in [4.78, 5) is 21.3. The van der Waals surface area contributed by atoms with Gasteiger partial charge in [-0.2, -0.15) is 0 Å². The third kappa shape index (κ3) is 12.2. The van der Waals surface area contributed by atoms with Gasteiger partial charge in [-0.1, -0.05) is 89.4 Å². The highest BCUT2D eigenvalue weighted by Gasteiger charge is 2.37. The van der Waals surface area contributed by atoms with Crippen molar-refractivity contribution in [2.24, 2.45) is 0 Å². The van der Waals surface area contributed by atoms with Crippen molar-refractivity contribution in [3.63, 3.8) is 0 Å². The highest BCUT2D eigenvalue weighted by molar-refractivity contribution is 5.65. The Morgan fingerprint density at radius 1 is 0.909 bits per heavy atom. The van der Waals surface area contributed by atoms with E-state index in [9.17, 15) is 45.8 Å². The molecule has 1 aromatic rings. The maximum Gasteiger partial charge on any atom is 0.299 e. The molecule has 0 saturated heterocycles. The average Bonchev–Trinajstić information content (AvgIpc) is 3.00. The minimum absolute atomic E-state index is 0.0450. The van der Waals surface area contributed by atoms with Crippen molar-refractivity contribution in [2.45, 2.75) is 120 Å². The van der Waals surface area contributed by atoms with Crippen molar-refractivity contribution in [3.05, 3.63) is 62.2 Å². The first-order valence-electron chi connectivity index (χ1n) is 15.7. The number of aliphatic hydroxyl groups excluding tert-OH is 5. The molecule has 0 bridgehead atoms. The number of anilines is 1. The van der Waals surface area contributed by atoms with Gasteiger partial charge in [-0.15, -0.1) is 0 Å². The average molecular weight is 623 g/mol. The summed E-state index contributed by atoms with van der Waals surface area (Å²) in [6.45, 7) is 1.61. The lowest BCUT2D eigenvalue weighted by Crippen LogP contribution is -2.56. The summed E-state index contributed by atoms with van der Waals surface area (Å²) < 4.78 is 0. The van der Waals surface area contributed by atoms with Crippen LogP contribution in [-0.2, 0) is 0 Å². The second-order valence-electron chi connectivity index (χ2n) is 11.5. The normalized spacial score (nSPS) is 21.6. The van der Waals surface area contributed by atoms with Crippen molar-refractivity contribution in [1.29, 1.82) is 0 Å². The van der Waals surface area contributed by atoms with Crippen LogP contribution >= 0.6 is 0 Å². The molecule has 1 aromatic carbocycles. The van der Waals surface area contributed by atoms with E-state index in [1.807, 2.05) is 6.08 Å². The van der Waals surface area contributed by atoms with Gasteiger partial charge in [0.2, 0.25) is 0 Å². The van der Waals surface area contributed by atoms with Crippen LogP contribution in [0.4, 0.5) is 17.1 Å². The van der Waals surface area contributed by atoms with E-state index in [4.69, 9.17) is 0 Å². The number of benzene rings is 1. The topological polar surface area (TPSA) is 211 Å². The lowest BCUT2D eigenvalue weighted by atomic mass is 9.88. The molecule has 7 N–H and O–H groups in total. The number of allylic oxidation sites excluding steroid dienone is 1. The van der Waals surface area contributed by atoms with Crippen molar-refractivity contribution in [2.75, 3.05) is 18.5 Å². The van der Waals surface area contributed by atoms with Crippen molar-refractivity contribution >= 4 is 17.1 Å². The van der Waals surface area contributed by atoms with Crippen molar-refractivity contribution in [1.82, 2.24) is 5.32 Å². The Balaban J connectivity index is 2.01. The Hall–Kier alpha value is -2.94. The van der Waals surface area contributed by atoms with Crippen LogP contribution in [-0.4, -0.2) is 85.0 Å². The smallest absolute Gasteiger partial charge is 0.299 e. The number of rotatable bonds is 22. The van der Waals surface area contributed by atoms with Gasteiger partial charge in [0.05, 0.1) is 40.7 Å². The van der Waals surface area contributed by atoms with Crippen molar-refractivity contribution in [3.8, 4) is 0 Å². The van der Waals surface area contributed by atoms with Gasteiger partial charge in [-0.05, 0) is 24.5 Å². The first kappa shape index (κ1) is 37.2. The molecule has 0 amide bonds. The van der Waals surface area contributed by atoms with Crippen LogP contribution in [0.25, 0.3) is 0 Å². The van der Waals surface area contributed by atoms with E-state index in [-0.39, 0.29) is 17.8 Å². The molecule has 0 spiro atoms. The summed E-state index contributed by atoms with van der Waals surface area (Å²) in [6, 6.07) is 1.35. The Labute approximate surface area is 259 Å². The zero-order valence-electron chi connectivity index (χ0n) is 25.6. The maximum atomic E-state index is 11.7. The lowest BCUT2D eigenvalue weighted by molar-refractivity contribution is -0.393. The van der Waals surface area contributed by atoms with Crippen LogP contribution in [0.3, 0.4) is 0 Å². The molecule has 0 aromatic heterocycles. The summed E-state index contributed by atoms with van der Waals surface area (Å²) >= 11 is 0. The minimum atomic E-state index is -1.56. The molecule has 0 fully saturated rings. The summed E-state index contributed by atoms with van der Waals surface area (Å²) in [7, 11) is 0. The van der Waals surface area contributed by atoms with E-state index < -0.39 is 64.3 Å². The van der Waals surface area contributed by atoms with Crippen LogP contribution in [0, 0.1) is 20.2 Å². The van der Waals surface area contributed by atoms with Gasteiger partial charge in [0, 0.05) is 12.6 Å². The molecule has 44 heavy (non-hydrogen) atoms. The van der Waals surface area contributed by atoms with E-state index in [2.05, 4.69) is 17.6 Å². The van der Waals surface area contributed by atoms with E-state index in [1.165, 1.54) is 63.5 Å². The molecule has 1 aliphatic rings. The third-order valence-corrected chi connectivity index (χ3v) is 8.02. The molecule has 0 aliphatic heterocycles. The summed E-state index contributed by atoms with van der Waals surface area (Å²) in [5.74, 6) is 0. The van der Waals surface area contributed by atoms with Gasteiger partial charge >= 0.3 is 0 Å². The molecular weight excluding hydrogens is 572 g/mol. The number of aliphatic hydroxyl groups is 5. The van der Waals surface area contributed by atoms with Crippen molar-refractivity contribution < 1.29 is 35.4 Å². The summed E-state index contributed by atoms with van der Waals surface area (Å²) in [6.07, 6.45) is 13.4. The molecule has 13 heteroatoms. The van der Waals surface area contributed by atoms with E-state index in [0.29, 0.717) is 0 Å². The van der Waals surface area contributed by atoms with Crippen LogP contribution in [0.1, 0.15) is 84.0 Å². The number of nitro groups is 2. The van der Waals surface area contributed by atoms with E-state index in [0.717, 1.165) is 37.8 Å². The number of hydrogen-bond acceptors (Lipinski definition) is 11. The summed E-state index contributed by atoms with van der Waals surface area (Å²) in [5, 5.41) is 79.9. The lowest BCUT2D eigenvalue weighted by Gasteiger charge is -2.35. The highest BCUT2D eigenvalue weighted by Crippen LogP contribution is 2.30. The van der Waals surface area contributed by atoms with Gasteiger partial charge in [0.15, 0.2) is 0 Å². The van der Waals surface area contributed by atoms with Gasteiger partial charge in [-0.3, -0.25) is 20.2 Å².